The molecule has 1 heterocycles. The summed E-state index contributed by atoms with van der Waals surface area (Å²) in [7, 11) is 0. The second-order valence-electron chi connectivity index (χ2n) is 4.28. The van der Waals surface area contributed by atoms with Gasteiger partial charge in [-0.15, -0.1) is 0 Å². The Morgan fingerprint density at radius 1 is 1.59 bits per heavy atom. The molecule has 0 saturated carbocycles. The Morgan fingerprint density at radius 3 is 3.00 bits per heavy atom. The van der Waals surface area contributed by atoms with Crippen LogP contribution >= 0.6 is 0 Å². The van der Waals surface area contributed by atoms with Crippen LogP contribution in [0.15, 0.2) is 18.2 Å². The van der Waals surface area contributed by atoms with E-state index in [2.05, 4.69) is 5.32 Å². The highest BCUT2D eigenvalue weighted by molar-refractivity contribution is 5.90. The van der Waals surface area contributed by atoms with Gasteiger partial charge in [0.15, 0.2) is 0 Å². The number of hydrogen-bond acceptors (Lipinski definition) is 2. The van der Waals surface area contributed by atoms with Crippen LogP contribution in [0.4, 0.5) is 14.9 Å². The van der Waals surface area contributed by atoms with E-state index in [0.717, 1.165) is 5.56 Å². The summed E-state index contributed by atoms with van der Waals surface area (Å²) in [4.78, 5) is 13.3. The number of aryl methyl sites for hydroxylation is 1. The Labute approximate surface area is 99.0 Å². The van der Waals surface area contributed by atoms with Gasteiger partial charge in [0.05, 0.1) is 6.10 Å². The molecule has 2 rings (SSSR count). The van der Waals surface area contributed by atoms with Crippen LogP contribution < -0.4 is 5.32 Å². The molecule has 1 saturated heterocycles. The number of urea groups is 1. The first kappa shape index (κ1) is 11.9. The molecule has 0 bridgehead atoms. The first-order valence-electron chi connectivity index (χ1n) is 5.56. The van der Waals surface area contributed by atoms with Crippen molar-refractivity contribution in [3.8, 4) is 0 Å². The number of benzene rings is 1. The first-order valence-corrected chi connectivity index (χ1v) is 5.56. The number of rotatable bonds is 1. The number of nitrogens with zero attached hydrogens (tertiary/aromatic N) is 1. The highest BCUT2D eigenvalue weighted by Gasteiger charge is 2.24. The van der Waals surface area contributed by atoms with E-state index in [1.54, 1.807) is 13.0 Å². The quantitative estimate of drug-likeness (QED) is 0.783. The van der Waals surface area contributed by atoms with E-state index < -0.39 is 6.10 Å². The SMILES string of the molecule is Cc1ccc(F)cc1NC(=O)N1CC[C@H](O)C1. The second-order valence-corrected chi connectivity index (χ2v) is 4.28. The van der Waals surface area contributed by atoms with Gasteiger partial charge >= 0.3 is 6.03 Å². The van der Waals surface area contributed by atoms with Gasteiger partial charge in [0, 0.05) is 18.8 Å². The molecule has 1 aromatic rings. The van der Waals surface area contributed by atoms with Gasteiger partial charge in [0.1, 0.15) is 5.82 Å². The fourth-order valence-corrected chi connectivity index (χ4v) is 1.85. The molecule has 17 heavy (non-hydrogen) atoms. The third-order valence-electron chi connectivity index (χ3n) is 2.89. The molecule has 2 N–H and O–H groups in total. The summed E-state index contributed by atoms with van der Waals surface area (Å²) in [5.74, 6) is -0.382. The molecule has 0 aromatic heterocycles. The van der Waals surface area contributed by atoms with Gasteiger partial charge in [-0.1, -0.05) is 6.07 Å². The monoisotopic (exact) mass is 238 g/mol. The molecule has 0 unspecified atom stereocenters. The van der Waals surface area contributed by atoms with E-state index >= 15 is 0 Å². The van der Waals surface area contributed by atoms with Crippen molar-refractivity contribution in [3.05, 3.63) is 29.6 Å². The highest BCUT2D eigenvalue weighted by Crippen LogP contribution is 2.18. The van der Waals surface area contributed by atoms with Gasteiger partial charge in [-0.3, -0.25) is 0 Å². The standard InChI is InChI=1S/C12H15FN2O2/c1-8-2-3-9(13)6-11(8)14-12(17)15-5-4-10(16)7-15/h2-3,6,10,16H,4-5,7H2,1H3,(H,14,17)/t10-/m0/s1. The fourth-order valence-electron chi connectivity index (χ4n) is 1.85. The maximum atomic E-state index is 13.0. The summed E-state index contributed by atoms with van der Waals surface area (Å²) in [6, 6.07) is 3.96. The summed E-state index contributed by atoms with van der Waals surface area (Å²) in [6.07, 6.45) is 0.143. The summed E-state index contributed by atoms with van der Waals surface area (Å²) in [5, 5.41) is 12.0. The summed E-state index contributed by atoms with van der Waals surface area (Å²) in [6.45, 7) is 2.66. The molecule has 0 spiro atoms. The van der Waals surface area contributed by atoms with E-state index in [1.807, 2.05) is 0 Å². The van der Waals surface area contributed by atoms with Crippen molar-refractivity contribution in [1.82, 2.24) is 4.90 Å². The Hall–Kier alpha value is -1.62. The lowest BCUT2D eigenvalue weighted by atomic mass is 10.2. The van der Waals surface area contributed by atoms with Gasteiger partial charge < -0.3 is 15.3 Å². The number of hydrogen-bond donors (Lipinski definition) is 2. The second kappa shape index (κ2) is 4.71. The van der Waals surface area contributed by atoms with Gasteiger partial charge in [0.2, 0.25) is 0 Å². The Morgan fingerprint density at radius 2 is 2.35 bits per heavy atom. The first-order chi connectivity index (χ1) is 8.06. The minimum absolute atomic E-state index is 0.296. The fraction of sp³-hybridized carbons (Fsp3) is 0.417. The molecule has 0 radical (unpaired) electrons. The van der Waals surface area contributed by atoms with Crippen molar-refractivity contribution >= 4 is 11.7 Å². The number of aliphatic hydroxyl groups excluding tert-OH is 1. The van der Waals surface area contributed by atoms with Crippen LogP contribution in [0.1, 0.15) is 12.0 Å². The number of nitrogens with one attached hydrogen (secondary N) is 1. The van der Waals surface area contributed by atoms with Crippen LogP contribution in [0.2, 0.25) is 0 Å². The zero-order valence-electron chi connectivity index (χ0n) is 9.61. The van der Waals surface area contributed by atoms with E-state index in [9.17, 15) is 14.3 Å². The van der Waals surface area contributed by atoms with Crippen molar-refractivity contribution < 1.29 is 14.3 Å². The predicted octanol–water partition coefficient (Wildman–Crippen LogP) is 1.73. The maximum absolute atomic E-state index is 13.0. The molecular weight excluding hydrogens is 223 g/mol. The van der Waals surface area contributed by atoms with Crippen LogP contribution in [0.5, 0.6) is 0 Å². The average Bonchev–Trinajstić information content (AvgIpc) is 2.70. The van der Waals surface area contributed by atoms with Gasteiger partial charge in [0.25, 0.3) is 0 Å². The number of anilines is 1. The maximum Gasteiger partial charge on any atom is 0.321 e. The van der Waals surface area contributed by atoms with E-state index in [1.165, 1.54) is 17.0 Å². The normalized spacial score (nSPS) is 19.5. The van der Waals surface area contributed by atoms with Gasteiger partial charge in [-0.05, 0) is 31.0 Å². The topological polar surface area (TPSA) is 52.6 Å². The smallest absolute Gasteiger partial charge is 0.321 e. The number of carbonyl (C=O) groups is 1. The lowest BCUT2D eigenvalue weighted by molar-refractivity contribution is 0.176. The molecule has 92 valence electrons. The molecule has 1 aromatic carbocycles. The van der Waals surface area contributed by atoms with E-state index in [4.69, 9.17) is 0 Å². The third kappa shape index (κ3) is 2.74. The molecule has 1 atom stereocenters. The zero-order chi connectivity index (χ0) is 12.4. The molecule has 2 amide bonds. The Balaban J connectivity index is 2.05. The predicted molar refractivity (Wildman–Crippen MR) is 62.4 cm³/mol. The van der Waals surface area contributed by atoms with Gasteiger partial charge in [-0.25, -0.2) is 9.18 Å². The molecule has 4 nitrogen and oxygen atoms in total. The van der Waals surface area contributed by atoms with Crippen molar-refractivity contribution in [2.24, 2.45) is 0 Å². The van der Waals surface area contributed by atoms with Crippen LogP contribution in [0.3, 0.4) is 0 Å². The molecule has 0 aliphatic carbocycles. The molecule has 5 heteroatoms. The number of likely N-dealkylation sites (tertiary alicyclic amines) is 1. The lowest BCUT2D eigenvalue weighted by Gasteiger charge is -2.17. The largest absolute Gasteiger partial charge is 0.391 e. The van der Waals surface area contributed by atoms with Crippen LogP contribution in [0.25, 0.3) is 0 Å². The Kier molecular flexibility index (Phi) is 3.28. The highest BCUT2D eigenvalue weighted by atomic mass is 19.1. The van der Waals surface area contributed by atoms with Crippen molar-refractivity contribution in [2.45, 2.75) is 19.4 Å². The minimum Gasteiger partial charge on any atom is -0.391 e. The zero-order valence-corrected chi connectivity index (χ0v) is 9.61. The summed E-state index contributed by atoms with van der Waals surface area (Å²) in [5.41, 5.74) is 1.27. The van der Waals surface area contributed by atoms with Crippen LogP contribution in [0, 0.1) is 12.7 Å². The molecule has 1 fully saturated rings. The number of aliphatic hydroxyl groups is 1. The molecule has 1 aliphatic heterocycles. The van der Waals surface area contributed by atoms with Crippen molar-refractivity contribution in [2.75, 3.05) is 18.4 Å². The van der Waals surface area contributed by atoms with Crippen LogP contribution in [-0.2, 0) is 0 Å². The molecular formula is C12H15FN2O2. The number of amides is 2. The Bertz CT molecular complexity index is 437. The summed E-state index contributed by atoms with van der Waals surface area (Å²) < 4.78 is 13.0. The van der Waals surface area contributed by atoms with Crippen LogP contribution in [-0.4, -0.2) is 35.2 Å². The summed E-state index contributed by atoms with van der Waals surface area (Å²) >= 11 is 0. The molecule has 1 aliphatic rings. The van der Waals surface area contributed by atoms with Crippen molar-refractivity contribution in [3.63, 3.8) is 0 Å². The van der Waals surface area contributed by atoms with E-state index in [0.29, 0.717) is 25.2 Å². The number of halogens is 1. The van der Waals surface area contributed by atoms with E-state index in [-0.39, 0.29) is 11.8 Å². The third-order valence-corrected chi connectivity index (χ3v) is 2.89. The van der Waals surface area contributed by atoms with Crippen molar-refractivity contribution in [1.29, 1.82) is 0 Å². The number of carbonyl (C=O) groups excluding carboxylic acids is 1. The van der Waals surface area contributed by atoms with Gasteiger partial charge in [-0.2, -0.15) is 0 Å². The number of β-amino-alcohol motifs (C(OH)–C–C–N with tert-alkyl or cyclic N) is 1. The lowest BCUT2D eigenvalue weighted by Crippen LogP contribution is -2.33. The minimum atomic E-state index is -0.450. The average molecular weight is 238 g/mol.